The van der Waals surface area contributed by atoms with Gasteiger partial charge in [-0.3, -0.25) is 0 Å². The number of aromatic nitrogens is 2. The molecule has 1 saturated heterocycles. The standard InChI is InChI=1S/C24H28N4O2S2/c1-16-6-10-18(11-7-16)32(29,30)28-14-12-27(13-15-28)23-21-19-4-2-3-5-20(19)31-24(21)26-22(25-23)17-8-9-17/h6-7,10-11,17H,2-5,8-9,12-15H2,1H3. The number of piperazine rings is 1. The van der Waals surface area contributed by atoms with Crippen LogP contribution in [0.25, 0.3) is 10.2 Å². The van der Waals surface area contributed by atoms with Crippen LogP contribution < -0.4 is 4.90 Å². The van der Waals surface area contributed by atoms with Crippen molar-refractivity contribution in [3.63, 3.8) is 0 Å². The molecule has 1 saturated carbocycles. The van der Waals surface area contributed by atoms with Crippen LogP contribution in [0.3, 0.4) is 0 Å². The van der Waals surface area contributed by atoms with Gasteiger partial charge in [-0.1, -0.05) is 17.7 Å². The summed E-state index contributed by atoms with van der Waals surface area (Å²) in [5.41, 5.74) is 2.51. The summed E-state index contributed by atoms with van der Waals surface area (Å²) in [7, 11) is -3.47. The van der Waals surface area contributed by atoms with E-state index in [1.165, 1.54) is 41.5 Å². The highest BCUT2D eigenvalue weighted by Crippen LogP contribution is 2.44. The second kappa shape index (κ2) is 7.78. The van der Waals surface area contributed by atoms with E-state index < -0.39 is 10.0 Å². The highest BCUT2D eigenvalue weighted by atomic mass is 32.2. The van der Waals surface area contributed by atoms with Gasteiger partial charge in [0, 0.05) is 37.0 Å². The van der Waals surface area contributed by atoms with E-state index in [0.717, 1.165) is 34.9 Å². The molecule has 2 fully saturated rings. The number of hydrogen-bond acceptors (Lipinski definition) is 6. The summed E-state index contributed by atoms with van der Waals surface area (Å²) < 4.78 is 27.9. The number of benzene rings is 1. The number of hydrogen-bond donors (Lipinski definition) is 0. The zero-order valence-electron chi connectivity index (χ0n) is 18.4. The Labute approximate surface area is 193 Å². The van der Waals surface area contributed by atoms with E-state index in [2.05, 4.69) is 4.90 Å². The molecule has 3 heterocycles. The lowest BCUT2D eigenvalue weighted by atomic mass is 9.97. The second-order valence-corrected chi connectivity index (χ2v) is 12.3. The molecule has 0 amide bonds. The SMILES string of the molecule is Cc1ccc(S(=O)(=O)N2CCN(c3nc(C4CC4)nc4sc5c(c34)CCCC5)CC2)cc1. The molecule has 32 heavy (non-hydrogen) atoms. The van der Waals surface area contributed by atoms with Gasteiger partial charge in [0.25, 0.3) is 0 Å². The van der Waals surface area contributed by atoms with Gasteiger partial charge in [0.1, 0.15) is 16.5 Å². The maximum atomic E-state index is 13.1. The smallest absolute Gasteiger partial charge is 0.243 e. The maximum Gasteiger partial charge on any atom is 0.243 e. The van der Waals surface area contributed by atoms with Crippen LogP contribution in [0.2, 0.25) is 0 Å². The summed E-state index contributed by atoms with van der Waals surface area (Å²) in [6.45, 7) is 4.24. The quantitative estimate of drug-likeness (QED) is 0.572. The fourth-order valence-corrected chi connectivity index (χ4v) is 7.59. The number of rotatable bonds is 4. The molecule has 0 spiro atoms. The number of aryl methyl sites for hydroxylation is 3. The van der Waals surface area contributed by atoms with Gasteiger partial charge in [0.05, 0.1) is 10.3 Å². The highest BCUT2D eigenvalue weighted by Gasteiger charge is 2.33. The maximum absolute atomic E-state index is 13.1. The van der Waals surface area contributed by atoms with Crippen LogP contribution >= 0.6 is 11.3 Å². The number of sulfonamides is 1. The van der Waals surface area contributed by atoms with Crippen LogP contribution in [-0.4, -0.2) is 48.9 Å². The van der Waals surface area contributed by atoms with Crippen molar-refractivity contribution in [3.05, 3.63) is 46.1 Å². The van der Waals surface area contributed by atoms with Crippen LogP contribution in [0.15, 0.2) is 29.2 Å². The Morgan fingerprint density at radius 1 is 0.969 bits per heavy atom. The van der Waals surface area contributed by atoms with Gasteiger partial charge in [0.15, 0.2) is 0 Å². The molecule has 1 aliphatic heterocycles. The van der Waals surface area contributed by atoms with Gasteiger partial charge < -0.3 is 4.90 Å². The third-order valence-electron chi connectivity index (χ3n) is 6.95. The predicted molar refractivity (Wildman–Crippen MR) is 128 cm³/mol. The monoisotopic (exact) mass is 468 g/mol. The first kappa shape index (κ1) is 20.6. The summed E-state index contributed by atoms with van der Waals surface area (Å²) in [6.07, 6.45) is 7.10. The van der Waals surface area contributed by atoms with Crippen LogP contribution in [0, 0.1) is 6.92 Å². The molecule has 1 aromatic carbocycles. The second-order valence-electron chi connectivity index (χ2n) is 9.27. The minimum atomic E-state index is -3.47. The van der Waals surface area contributed by atoms with Gasteiger partial charge in [-0.2, -0.15) is 4.31 Å². The normalized spacial score (nSPS) is 20.0. The van der Waals surface area contributed by atoms with Crippen molar-refractivity contribution in [3.8, 4) is 0 Å². The van der Waals surface area contributed by atoms with E-state index in [1.807, 2.05) is 30.4 Å². The molecule has 0 atom stereocenters. The van der Waals surface area contributed by atoms with E-state index in [4.69, 9.17) is 9.97 Å². The summed E-state index contributed by atoms with van der Waals surface area (Å²) in [4.78, 5) is 15.4. The molecule has 0 unspecified atom stereocenters. The van der Waals surface area contributed by atoms with Crippen LogP contribution in [0.4, 0.5) is 5.82 Å². The Morgan fingerprint density at radius 3 is 2.41 bits per heavy atom. The summed E-state index contributed by atoms with van der Waals surface area (Å²) in [5.74, 6) is 2.53. The van der Waals surface area contributed by atoms with Crippen LogP contribution in [0.5, 0.6) is 0 Å². The molecular formula is C24H28N4O2S2. The van der Waals surface area contributed by atoms with Gasteiger partial charge >= 0.3 is 0 Å². The highest BCUT2D eigenvalue weighted by molar-refractivity contribution is 7.89. The van der Waals surface area contributed by atoms with Crippen LogP contribution in [0.1, 0.15) is 53.4 Å². The number of nitrogens with zero attached hydrogens (tertiary/aromatic N) is 4. The molecule has 6 nitrogen and oxygen atoms in total. The van der Waals surface area contributed by atoms with Crippen molar-refractivity contribution in [2.24, 2.45) is 0 Å². The van der Waals surface area contributed by atoms with Gasteiger partial charge in [-0.25, -0.2) is 18.4 Å². The minimum Gasteiger partial charge on any atom is -0.353 e. The topological polar surface area (TPSA) is 66.4 Å². The van der Waals surface area contributed by atoms with Crippen molar-refractivity contribution in [1.29, 1.82) is 0 Å². The van der Waals surface area contributed by atoms with Crippen molar-refractivity contribution in [2.75, 3.05) is 31.1 Å². The van der Waals surface area contributed by atoms with Gasteiger partial charge in [-0.05, 0) is 63.1 Å². The first-order valence-electron chi connectivity index (χ1n) is 11.6. The molecule has 0 bridgehead atoms. The third kappa shape index (κ3) is 3.53. The van der Waals surface area contributed by atoms with Crippen LogP contribution in [-0.2, 0) is 22.9 Å². The van der Waals surface area contributed by atoms with Crippen molar-refractivity contribution in [1.82, 2.24) is 14.3 Å². The lowest BCUT2D eigenvalue weighted by molar-refractivity contribution is 0.384. The molecule has 2 aromatic heterocycles. The summed E-state index contributed by atoms with van der Waals surface area (Å²) in [6, 6.07) is 7.15. The zero-order chi connectivity index (χ0) is 21.9. The van der Waals surface area contributed by atoms with Gasteiger partial charge in [-0.15, -0.1) is 11.3 Å². The lowest BCUT2D eigenvalue weighted by Gasteiger charge is -2.35. The summed E-state index contributed by atoms with van der Waals surface area (Å²) in [5, 5.41) is 1.24. The molecule has 2 aliphatic carbocycles. The Kier molecular flexibility index (Phi) is 5.00. The largest absolute Gasteiger partial charge is 0.353 e. The molecular weight excluding hydrogens is 440 g/mol. The van der Waals surface area contributed by atoms with Gasteiger partial charge in [0.2, 0.25) is 10.0 Å². The third-order valence-corrected chi connectivity index (χ3v) is 10.1. The predicted octanol–water partition coefficient (Wildman–Crippen LogP) is 4.27. The molecule has 6 rings (SSSR count). The average Bonchev–Trinajstić information content (AvgIpc) is 3.59. The van der Waals surface area contributed by atoms with E-state index in [0.29, 0.717) is 37.0 Å². The molecule has 3 aliphatic rings. The Balaban J connectivity index is 1.31. The molecule has 0 radical (unpaired) electrons. The number of anilines is 1. The summed E-state index contributed by atoms with van der Waals surface area (Å²) >= 11 is 1.86. The first-order valence-corrected chi connectivity index (χ1v) is 13.9. The molecule has 0 N–H and O–H groups in total. The van der Waals surface area contributed by atoms with Crippen molar-refractivity contribution >= 4 is 37.4 Å². The number of fused-ring (bicyclic) bond motifs is 3. The Morgan fingerprint density at radius 2 is 1.69 bits per heavy atom. The minimum absolute atomic E-state index is 0.379. The van der Waals surface area contributed by atoms with E-state index in [9.17, 15) is 8.42 Å². The number of thiophene rings is 1. The van der Waals surface area contributed by atoms with Crippen molar-refractivity contribution < 1.29 is 8.42 Å². The average molecular weight is 469 g/mol. The van der Waals surface area contributed by atoms with Crippen molar-refractivity contribution in [2.45, 2.75) is 56.3 Å². The Hall–Kier alpha value is -2.03. The fourth-order valence-electron chi connectivity index (χ4n) is 4.91. The van der Waals surface area contributed by atoms with E-state index in [1.54, 1.807) is 16.4 Å². The first-order chi connectivity index (χ1) is 15.5. The fraction of sp³-hybridized carbons (Fsp3) is 0.500. The van der Waals surface area contributed by atoms with E-state index in [-0.39, 0.29) is 0 Å². The molecule has 3 aromatic rings. The Bertz CT molecular complexity index is 1270. The molecule has 168 valence electrons. The lowest BCUT2D eigenvalue weighted by Crippen LogP contribution is -2.49. The van der Waals surface area contributed by atoms with E-state index >= 15 is 0 Å². The zero-order valence-corrected chi connectivity index (χ0v) is 20.0. The molecule has 8 heteroatoms.